The van der Waals surface area contributed by atoms with E-state index in [0.29, 0.717) is 16.9 Å². The molecule has 4 N–H and O–H groups in total. The first kappa shape index (κ1) is 20.5. The van der Waals surface area contributed by atoms with Crippen LogP contribution < -0.4 is 15.4 Å². The molecule has 9 heteroatoms. The average Bonchev–Trinajstić information content (AvgIpc) is 3.21. The second kappa shape index (κ2) is 7.51. The maximum Gasteiger partial charge on any atom is 0.325 e. The van der Waals surface area contributed by atoms with Crippen LogP contribution in [-0.2, 0) is 25.6 Å². The molecule has 2 aromatic rings. The Morgan fingerprint density at radius 1 is 1.03 bits per heavy atom. The molecule has 0 saturated carbocycles. The van der Waals surface area contributed by atoms with Gasteiger partial charge in [-0.1, -0.05) is 24.3 Å². The second-order valence-electron chi connectivity index (χ2n) is 7.76. The number of hydrogen-bond acceptors (Lipinski definition) is 7. The number of fused-ring (bicyclic) bond motifs is 1. The standard InChI is InChI=1S/C22H20N2O7/c1-11(25)31-15-8-4-13(5-9-15)18-16-17(20(28)23-19(16)27)22(24-18,21(29)30)10-12-2-6-14(26)7-3-12/h2-9,16-18,24,26H,10H2,1H3,(H,29,30)(H,23,27,28). The van der Waals surface area contributed by atoms with Crippen LogP contribution in [0.5, 0.6) is 11.5 Å². The number of carboxylic acid groups (broad SMARTS) is 1. The summed E-state index contributed by atoms with van der Waals surface area (Å²) in [6.07, 6.45) is -0.0630. The van der Waals surface area contributed by atoms with Gasteiger partial charge in [-0.3, -0.25) is 29.8 Å². The number of nitrogens with one attached hydrogen (secondary N) is 2. The van der Waals surface area contributed by atoms with Gasteiger partial charge < -0.3 is 14.9 Å². The Kier molecular flexibility index (Phi) is 4.98. The Bertz CT molecular complexity index is 1060. The highest BCUT2D eigenvalue weighted by Crippen LogP contribution is 2.47. The molecule has 0 spiro atoms. The molecule has 2 amide bonds. The van der Waals surface area contributed by atoms with Crippen molar-refractivity contribution in [3.8, 4) is 11.5 Å². The van der Waals surface area contributed by atoms with Crippen LogP contribution >= 0.6 is 0 Å². The van der Waals surface area contributed by atoms with Crippen molar-refractivity contribution in [1.82, 2.24) is 10.6 Å². The Morgan fingerprint density at radius 2 is 1.68 bits per heavy atom. The Balaban J connectivity index is 1.74. The van der Waals surface area contributed by atoms with Crippen LogP contribution in [-0.4, -0.2) is 39.5 Å². The molecule has 4 rings (SSSR count). The third-order valence-corrected chi connectivity index (χ3v) is 5.80. The maximum atomic E-state index is 12.7. The van der Waals surface area contributed by atoms with E-state index < -0.39 is 47.2 Å². The molecule has 0 aromatic heterocycles. The van der Waals surface area contributed by atoms with E-state index in [1.54, 1.807) is 36.4 Å². The molecule has 0 bridgehead atoms. The van der Waals surface area contributed by atoms with Crippen LogP contribution in [0.25, 0.3) is 0 Å². The monoisotopic (exact) mass is 424 g/mol. The lowest BCUT2D eigenvalue weighted by atomic mass is 9.76. The van der Waals surface area contributed by atoms with E-state index in [-0.39, 0.29) is 12.2 Å². The molecular formula is C22H20N2O7. The first-order valence-corrected chi connectivity index (χ1v) is 9.63. The molecule has 31 heavy (non-hydrogen) atoms. The van der Waals surface area contributed by atoms with Crippen LogP contribution in [0.4, 0.5) is 0 Å². The van der Waals surface area contributed by atoms with E-state index in [0.717, 1.165) is 0 Å². The zero-order chi connectivity index (χ0) is 22.3. The van der Waals surface area contributed by atoms with Crippen molar-refractivity contribution in [1.29, 1.82) is 0 Å². The molecule has 2 saturated heterocycles. The minimum Gasteiger partial charge on any atom is -0.508 e. The molecule has 2 aliphatic rings. The fourth-order valence-corrected chi connectivity index (χ4v) is 4.50. The lowest BCUT2D eigenvalue weighted by Crippen LogP contribution is -2.57. The van der Waals surface area contributed by atoms with Gasteiger partial charge in [0.1, 0.15) is 17.0 Å². The molecule has 4 atom stereocenters. The number of aromatic hydroxyl groups is 1. The number of carbonyl (C=O) groups is 4. The molecular weight excluding hydrogens is 404 g/mol. The average molecular weight is 424 g/mol. The van der Waals surface area contributed by atoms with Crippen molar-refractivity contribution in [2.24, 2.45) is 11.8 Å². The van der Waals surface area contributed by atoms with Crippen molar-refractivity contribution in [3.05, 3.63) is 59.7 Å². The van der Waals surface area contributed by atoms with E-state index in [9.17, 15) is 29.4 Å². The Hall–Kier alpha value is -3.72. The van der Waals surface area contributed by atoms with Crippen LogP contribution in [0.2, 0.25) is 0 Å². The molecule has 2 fully saturated rings. The molecule has 2 heterocycles. The lowest BCUT2D eigenvalue weighted by Gasteiger charge is -2.30. The fourth-order valence-electron chi connectivity index (χ4n) is 4.50. The van der Waals surface area contributed by atoms with Crippen LogP contribution in [0.3, 0.4) is 0 Å². The number of aliphatic carboxylic acids is 1. The lowest BCUT2D eigenvalue weighted by molar-refractivity contribution is -0.149. The zero-order valence-electron chi connectivity index (χ0n) is 16.5. The normalized spacial score (nSPS) is 26.9. The summed E-state index contributed by atoms with van der Waals surface area (Å²) in [5.41, 5.74) is -0.550. The summed E-state index contributed by atoms with van der Waals surface area (Å²) in [5, 5.41) is 25.0. The summed E-state index contributed by atoms with van der Waals surface area (Å²) in [4.78, 5) is 48.9. The number of ether oxygens (including phenoxy) is 1. The topological polar surface area (TPSA) is 142 Å². The Morgan fingerprint density at radius 3 is 2.26 bits per heavy atom. The van der Waals surface area contributed by atoms with Crippen LogP contribution in [0.15, 0.2) is 48.5 Å². The van der Waals surface area contributed by atoms with Gasteiger partial charge in [-0.15, -0.1) is 0 Å². The predicted octanol–water partition coefficient (Wildman–Crippen LogP) is 0.917. The summed E-state index contributed by atoms with van der Waals surface area (Å²) in [7, 11) is 0. The number of phenolic OH excluding ortho intramolecular Hbond substituents is 1. The number of rotatable bonds is 5. The van der Waals surface area contributed by atoms with Crippen molar-refractivity contribution in [3.63, 3.8) is 0 Å². The fraction of sp³-hybridized carbons (Fsp3) is 0.273. The summed E-state index contributed by atoms with van der Waals surface area (Å²) in [6.45, 7) is 1.27. The van der Waals surface area contributed by atoms with Crippen molar-refractivity contribution >= 4 is 23.8 Å². The Labute approximate surface area is 177 Å². The second-order valence-corrected chi connectivity index (χ2v) is 7.76. The van der Waals surface area contributed by atoms with Crippen molar-refractivity contribution < 1.29 is 34.1 Å². The van der Waals surface area contributed by atoms with Gasteiger partial charge in [0.2, 0.25) is 11.8 Å². The van der Waals surface area contributed by atoms with Crippen molar-refractivity contribution in [2.75, 3.05) is 0 Å². The quantitative estimate of drug-likeness (QED) is 0.315. The summed E-state index contributed by atoms with van der Waals surface area (Å²) in [6, 6.07) is 11.6. The van der Waals surface area contributed by atoms with Gasteiger partial charge in [0, 0.05) is 19.4 Å². The highest BCUT2D eigenvalue weighted by molar-refractivity contribution is 6.09. The largest absolute Gasteiger partial charge is 0.508 e. The van der Waals surface area contributed by atoms with Crippen molar-refractivity contribution in [2.45, 2.75) is 24.9 Å². The van der Waals surface area contributed by atoms with E-state index in [1.807, 2.05) is 0 Å². The summed E-state index contributed by atoms with van der Waals surface area (Å²) >= 11 is 0. The van der Waals surface area contributed by atoms with Gasteiger partial charge in [0.15, 0.2) is 0 Å². The van der Waals surface area contributed by atoms with Gasteiger partial charge in [0.25, 0.3) is 0 Å². The van der Waals surface area contributed by atoms with Crippen LogP contribution in [0.1, 0.15) is 24.1 Å². The highest BCUT2D eigenvalue weighted by atomic mass is 16.5. The number of carbonyl (C=O) groups excluding carboxylic acids is 3. The van der Waals surface area contributed by atoms with Gasteiger partial charge in [-0.25, -0.2) is 0 Å². The van der Waals surface area contributed by atoms with Crippen LogP contribution in [0, 0.1) is 11.8 Å². The van der Waals surface area contributed by atoms with Gasteiger partial charge in [-0.05, 0) is 35.4 Å². The van der Waals surface area contributed by atoms with E-state index >= 15 is 0 Å². The molecule has 0 radical (unpaired) electrons. The number of esters is 1. The van der Waals surface area contributed by atoms with E-state index in [4.69, 9.17) is 4.74 Å². The molecule has 2 aliphatic heterocycles. The minimum absolute atomic E-state index is 0.0323. The van der Waals surface area contributed by atoms with E-state index in [1.165, 1.54) is 19.1 Å². The molecule has 4 unspecified atom stereocenters. The molecule has 0 aliphatic carbocycles. The third kappa shape index (κ3) is 3.53. The maximum absolute atomic E-state index is 12.7. The highest BCUT2D eigenvalue weighted by Gasteiger charge is 2.66. The summed E-state index contributed by atoms with van der Waals surface area (Å²) < 4.78 is 5.02. The van der Waals surface area contributed by atoms with E-state index in [2.05, 4.69) is 10.6 Å². The summed E-state index contributed by atoms with van der Waals surface area (Å²) in [5.74, 6) is -4.60. The molecule has 160 valence electrons. The SMILES string of the molecule is CC(=O)Oc1ccc(C2NC(Cc3ccc(O)cc3)(C(=O)O)C3C(=O)NC(=O)C23)cc1. The zero-order valence-corrected chi connectivity index (χ0v) is 16.5. The first-order chi connectivity index (χ1) is 14.7. The number of amides is 2. The molecule has 9 nitrogen and oxygen atoms in total. The van der Waals surface area contributed by atoms with Gasteiger partial charge in [0.05, 0.1) is 11.8 Å². The first-order valence-electron chi connectivity index (χ1n) is 9.63. The number of hydrogen-bond donors (Lipinski definition) is 4. The minimum atomic E-state index is -1.73. The number of phenols is 1. The number of imide groups is 1. The van der Waals surface area contributed by atoms with Gasteiger partial charge >= 0.3 is 11.9 Å². The molecule has 2 aromatic carbocycles. The number of benzene rings is 2. The smallest absolute Gasteiger partial charge is 0.325 e. The third-order valence-electron chi connectivity index (χ3n) is 5.80. The number of carboxylic acids is 1. The van der Waals surface area contributed by atoms with Gasteiger partial charge in [-0.2, -0.15) is 0 Å². The predicted molar refractivity (Wildman–Crippen MR) is 106 cm³/mol.